The summed E-state index contributed by atoms with van der Waals surface area (Å²) in [5, 5.41) is 4.08. The molecule has 2 rings (SSSR count). The third-order valence-corrected chi connectivity index (χ3v) is 3.89. The van der Waals surface area contributed by atoms with Gasteiger partial charge in [-0.1, -0.05) is 48.7 Å². The van der Waals surface area contributed by atoms with E-state index in [-0.39, 0.29) is 11.8 Å². The zero-order valence-corrected chi connectivity index (χ0v) is 13.1. The molecule has 0 saturated heterocycles. The first kappa shape index (κ1) is 15.6. The van der Waals surface area contributed by atoms with E-state index in [0.29, 0.717) is 24.5 Å². The van der Waals surface area contributed by atoms with Crippen LogP contribution >= 0.6 is 11.5 Å². The number of nitrogens with zero attached hydrogens (tertiary/aromatic N) is 3. The summed E-state index contributed by atoms with van der Waals surface area (Å²) in [5.74, 6) is 0.141. The highest BCUT2D eigenvalue weighted by atomic mass is 32.1. The molecule has 0 saturated carbocycles. The molecular formula is C15H20N4OS. The zero-order chi connectivity index (χ0) is 15.2. The average molecular weight is 304 g/mol. The lowest BCUT2D eigenvalue weighted by molar-refractivity contribution is 0.0751. The number of amides is 1. The molecule has 21 heavy (non-hydrogen) atoms. The quantitative estimate of drug-likeness (QED) is 0.888. The largest absolute Gasteiger partial charge is 0.332 e. The Morgan fingerprint density at radius 2 is 2.05 bits per heavy atom. The van der Waals surface area contributed by atoms with Crippen LogP contribution in [0.1, 0.15) is 40.7 Å². The van der Waals surface area contributed by atoms with Gasteiger partial charge in [0.05, 0.1) is 5.69 Å². The Balaban J connectivity index is 2.21. The first-order chi connectivity index (χ1) is 10.1. The fourth-order valence-corrected chi connectivity index (χ4v) is 2.87. The first-order valence-electron chi connectivity index (χ1n) is 6.99. The minimum Gasteiger partial charge on any atom is -0.332 e. The maximum Gasteiger partial charge on any atom is 0.267 e. The molecule has 1 amide bonds. The van der Waals surface area contributed by atoms with Crippen LogP contribution in [0, 0.1) is 0 Å². The van der Waals surface area contributed by atoms with Crippen molar-refractivity contribution < 1.29 is 4.79 Å². The molecule has 0 aliphatic rings. The maximum atomic E-state index is 12.7. The molecule has 0 aliphatic heterocycles. The van der Waals surface area contributed by atoms with Gasteiger partial charge in [0, 0.05) is 19.6 Å². The number of benzene rings is 1. The van der Waals surface area contributed by atoms with Crippen LogP contribution in [0.25, 0.3) is 0 Å². The lowest BCUT2D eigenvalue weighted by atomic mass is 10.1. The maximum absolute atomic E-state index is 12.7. The molecule has 1 aromatic carbocycles. The molecule has 112 valence electrons. The normalized spacial score (nSPS) is 10.9. The van der Waals surface area contributed by atoms with Crippen LogP contribution in [-0.4, -0.2) is 33.5 Å². The molecule has 1 aromatic heterocycles. The smallest absolute Gasteiger partial charge is 0.267 e. The summed E-state index contributed by atoms with van der Waals surface area (Å²) >= 11 is 1.16. The lowest BCUT2D eigenvalue weighted by Crippen LogP contribution is -2.35. The number of aromatic nitrogens is 2. The van der Waals surface area contributed by atoms with Crippen molar-refractivity contribution in [2.24, 2.45) is 5.73 Å². The Labute approximate surface area is 128 Å². The summed E-state index contributed by atoms with van der Waals surface area (Å²) in [4.78, 5) is 15.1. The van der Waals surface area contributed by atoms with Crippen LogP contribution in [0.15, 0.2) is 30.3 Å². The monoisotopic (exact) mass is 304 g/mol. The number of nitrogens with two attached hydrogens (primary N) is 1. The fraction of sp³-hybridized carbons (Fsp3) is 0.400. The third-order valence-electron chi connectivity index (χ3n) is 3.16. The first-order valence-corrected chi connectivity index (χ1v) is 7.76. The van der Waals surface area contributed by atoms with Crippen LogP contribution in [0.4, 0.5) is 0 Å². The predicted octanol–water partition coefficient (Wildman–Crippen LogP) is 2.26. The number of rotatable bonds is 6. The van der Waals surface area contributed by atoms with Crippen LogP contribution < -0.4 is 5.73 Å². The van der Waals surface area contributed by atoms with E-state index in [2.05, 4.69) is 9.59 Å². The molecule has 0 bridgehead atoms. The van der Waals surface area contributed by atoms with E-state index in [1.165, 1.54) is 0 Å². The van der Waals surface area contributed by atoms with Gasteiger partial charge in [-0.2, -0.15) is 0 Å². The van der Waals surface area contributed by atoms with Crippen molar-refractivity contribution in [2.45, 2.75) is 26.3 Å². The lowest BCUT2D eigenvalue weighted by Gasteiger charge is -2.22. The molecular weight excluding hydrogens is 284 g/mol. The Morgan fingerprint density at radius 1 is 1.33 bits per heavy atom. The molecule has 2 N–H and O–H groups in total. The number of carbonyl (C=O) groups is 1. The molecule has 0 aliphatic carbocycles. The van der Waals surface area contributed by atoms with Gasteiger partial charge in [-0.3, -0.25) is 4.79 Å². The Hall–Kier alpha value is -1.79. The highest BCUT2D eigenvalue weighted by Gasteiger charge is 2.23. The van der Waals surface area contributed by atoms with Gasteiger partial charge in [0.2, 0.25) is 0 Å². The minimum atomic E-state index is -0.0389. The van der Waals surface area contributed by atoms with Gasteiger partial charge in [0.25, 0.3) is 5.91 Å². The molecule has 2 aromatic rings. The number of hydrogen-bond donors (Lipinski definition) is 1. The second-order valence-electron chi connectivity index (χ2n) is 5.14. The van der Waals surface area contributed by atoms with E-state index in [1.54, 1.807) is 4.90 Å². The summed E-state index contributed by atoms with van der Waals surface area (Å²) in [5.41, 5.74) is 7.50. The molecule has 0 atom stereocenters. The van der Waals surface area contributed by atoms with E-state index in [9.17, 15) is 4.79 Å². The van der Waals surface area contributed by atoms with E-state index < -0.39 is 0 Å². The topological polar surface area (TPSA) is 72.1 Å². The van der Waals surface area contributed by atoms with Gasteiger partial charge < -0.3 is 10.6 Å². The van der Waals surface area contributed by atoms with Crippen molar-refractivity contribution in [3.05, 3.63) is 46.5 Å². The van der Waals surface area contributed by atoms with E-state index >= 15 is 0 Å². The zero-order valence-electron chi connectivity index (χ0n) is 12.3. The summed E-state index contributed by atoms with van der Waals surface area (Å²) < 4.78 is 3.93. The Bertz CT molecular complexity index is 582. The molecule has 0 unspecified atom stereocenters. The second-order valence-corrected chi connectivity index (χ2v) is 5.90. The van der Waals surface area contributed by atoms with Crippen molar-refractivity contribution in [1.29, 1.82) is 0 Å². The molecule has 6 heteroatoms. The Morgan fingerprint density at radius 3 is 2.67 bits per heavy atom. The fourth-order valence-electron chi connectivity index (χ4n) is 2.08. The third kappa shape index (κ3) is 3.86. The molecule has 0 fully saturated rings. The van der Waals surface area contributed by atoms with E-state index in [4.69, 9.17) is 5.73 Å². The van der Waals surface area contributed by atoms with E-state index in [0.717, 1.165) is 22.8 Å². The van der Waals surface area contributed by atoms with Crippen LogP contribution in [0.5, 0.6) is 0 Å². The van der Waals surface area contributed by atoms with E-state index in [1.807, 2.05) is 44.2 Å². The summed E-state index contributed by atoms with van der Waals surface area (Å²) in [6, 6.07) is 9.90. The summed E-state index contributed by atoms with van der Waals surface area (Å²) in [6.45, 7) is 5.52. The molecule has 0 radical (unpaired) electrons. The van der Waals surface area contributed by atoms with Gasteiger partial charge in [0.1, 0.15) is 4.88 Å². The van der Waals surface area contributed by atoms with Gasteiger partial charge in [-0.05, 0) is 23.0 Å². The SMILES string of the molecule is CC(C)c1nnsc1C(=O)N(CCN)Cc1ccccc1. The van der Waals surface area contributed by atoms with Gasteiger partial charge in [-0.25, -0.2) is 0 Å². The summed E-state index contributed by atoms with van der Waals surface area (Å²) in [6.07, 6.45) is 0. The van der Waals surface area contributed by atoms with Crippen molar-refractivity contribution in [3.8, 4) is 0 Å². The number of carbonyl (C=O) groups excluding carboxylic acids is 1. The molecule has 0 spiro atoms. The second kappa shape index (κ2) is 7.28. The van der Waals surface area contributed by atoms with Crippen molar-refractivity contribution in [1.82, 2.24) is 14.5 Å². The average Bonchev–Trinajstić information content (AvgIpc) is 2.97. The van der Waals surface area contributed by atoms with Crippen molar-refractivity contribution >= 4 is 17.4 Å². The standard InChI is InChI=1S/C15H20N4OS/c1-11(2)13-14(21-18-17-13)15(20)19(9-8-16)10-12-6-4-3-5-7-12/h3-7,11H,8-10,16H2,1-2H3. The predicted molar refractivity (Wildman–Crippen MR) is 84.2 cm³/mol. The highest BCUT2D eigenvalue weighted by Crippen LogP contribution is 2.22. The Kier molecular flexibility index (Phi) is 5.41. The van der Waals surface area contributed by atoms with Crippen LogP contribution in [-0.2, 0) is 6.54 Å². The minimum absolute atomic E-state index is 0.0389. The van der Waals surface area contributed by atoms with Crippen LogP contribution in [0.3, 0.4) is 0 Å². The van der Waals surface area contributed by atoms with Gasteiger partial charge in [0.15, 0.2) is 0 Å². The van der Waals surface area contributed by atoms with Crippen molar-refractivity contribution in [3.63, 3.8) is 0 Å². The van der Waals surface area contributed by atoms with Gasteiger partial charge >= 0.3 is 0 Å². The van der Waals surface area contributed by atoms with Crippen LogP contribution in [0.2, 0.25) is 0 Å². The molecule has 1 heterocycles. The summed E-state index contributed by atoms with van der Waals surface area (Å²) in [7, 11) is 0. The van der Waals surface area contributed by atoms with Crippen molar-refractivity contribution in [2.75, 3.05) is 13.1 Å². The van der Waals surface area contributed by atoms with Gasteiger partial charge in [-0.15, -0.1) is 5.10 Å². The number of hydrogen-bond acceptors (Lipinski definition) is 5. The molecule has 5 nitrogen and oxygen atoms in total. The highest BCUT2D eigenvalue weighted by molar-refractivity contribution is 7.08.